The Bertz CT molecular complexity index is 1140. The van der Waals surface area contributed by atoms with Crippen LogP contribution in [0.5, 0.6) is 0 Å². The standard InChI is InChI=1S/C49H89O10P/c1-3-5-7-9-11-13-15-17-19-21-22-23-25-27-29-31-33-35-37-39-41-49(53)59-47(45-58-60(54,55)57-43-46(51)42-50)44-56-48(52)40-38-36-34-32-30-28-26-24-20-18-16-14-12-10-8-6-4-2/h12,14,18,20,26,28,32,34,46-47,50-51H,3-11,13,15-17,19,21-25,27,29-31,33,35-45H2,1-2H3,(H,54,55)/b14-12-,20-18-,28-26-,34-32-/t46-,47+/m0/s1. The highest BCUT2D eigenvalue weighted by Crippen LogP contribution is 2.43. The van der Waals surface area contributed by atoms with Crippen LogP contribution in [0, 0.1) is 0 Å². The molecule has 11 heteroatoms. The van der Waals surface area contributed by atoms with Crippen molar-refractivity contribution in [3.8, 4) is 0 Å². The molecule has 0 aromatic rings. The van der Waals surface area contributed by atoms with Crippen LogP contribution in [0.3, 0.4) is 0 Å². The van der Waals surface area contributed by atoms with Crippen molar-refractivity contribution in [3.63, 3.8) is 0 Å². The van der Waals surface area contributed by atoms with E-state index in [0.29, 0.717) is 19.3 Å². The predicted molar refractivity (Wildman–Crippen MR) is 247 cm³/mol. The maximum absolute atomic E-state index is 12.7. The fourth-order valence-electron chi connectivity index (χ4n) is 6.52. The highest BCUT2D eigenvalue weighted by atomic mass is 31.2. The number of ether oxygens (including phenoxy) is 2. The molecular weight excluding hydrogens is 780 g/mol. The van der Waals surface area contributed by atoms with Crippen LogP contribution in [0.1, 0.15) is 213 Å². The summed E-state index contributed by atoms with van der Waals surface area (Å²) in [6.07, 6.45) is 49.4. The van der Waals surface area contributed by atoms with Crippen LogP contribution >= 0.6 is 7.82 Å². The first-order valence-electron chi connectivity index (χ1n) is 24.1. The third kappa shape index (κ3) is 44.0. The SMILES string of the molecule is CCCCC/C=C\C/C=C\C/C=C\C/C=C\CCCC(=O)OC[C@H](COP(=O)(O)OC[C@@H](O)CO)OC(=O)CCCCCCCCCCCCCCCCCCCCCC. The van der Waals surface area contributed by atoms with Crippen molar-refractivity contribution in [3.05, 3.63) is 48.6 Å². The monoisotopic (exact) mass is 869 g/mol. The number of carbonyl (C=O) groups is 2. The Kier molecular flexibility index (Phi) is 43.4. The summed E-state index contributed by atoms with van der Waals surface area (Å²) in [5.41, 5.74) is 0. The van der Waals surface area contributed by atoms with Crippen LogP contribution in [0.15, 0.2) is 48.6 Å². The molecule has 0 fully saturated rings. The van der Waals surface area contributed by atoms with Crippen molar-refractivity contribution in [2.75, 3.05) is 26.4 Å². The fraction of sp³-hybridized carbons (Fsp3) is 0.796. The summed E-state index contributed by atoms with van der Waals surface area (Å²) in [5.74, 6) is -0.984. The van der Waals surface area contributed by atoms with Crippen LogP contribution < -0.4 is 0 Å². The Morgan fingerprint density at radius 2 is 0.883 bits per heavy atom. The number of unbranched alkanes of at least 4 members (excludes halogenated alkanes) is 23. The van der Waals surface area contributed by atoms with Gasteiger partial charge in [-0.25, -0.2) is 4.57 Å². The molecule has 10 nitrogen and oxygen atoms in total. The van der Waals surface area contributed by atoms with Gasteiger partial charge >= 0.3 is 19.8 Å². The summed E-state index contributed by atoms with van der Waals surface area (Å²) >= 11 is 0. The molecule has 3 atom stereocenters. The Hall–Kier alpha value is -2.07. The van der Waals surface area contributed by atoms with Crippen LogP contribution in [0.4, 0.5) is 0 Å². The zero-order valence-corrected chi connectivity index (χ0v) is 39.1. The number of phosphoric ester groups is 1. The topological polar surface area (TPSA) is 149 Å². The zero-order chi connectivity index (χ0) is 44.0. The third-order valence-corrected chi connectivity index (χ3v) is 11.2. The lowest BCUT2D eigenvalue weighted by molar-refractivity contribution is -0.161. The molecule has 0 heterocycles. The zero-order valence-electron chi connectivity index (χ0n) is 38.2. The van der Waals surface area contributed by atoms with E-state index in [4.69, 9.17) is 23.6 Å². The molecule has 0 bridgehead atoms. The quantitative estimate of drug-likeness (QED) is 0.0234. The van der Waals surface area contributed by atoms with E-state index in [-0.39, 0.29) is 19.4 Å². The summed E-state index contributed by atoms with van der Waals surface area (Å²) in [4.78, 5) is 35.1. The molecule has 3 N–H and O–H groups in total. The minimum atomic E-state index is -4.63. The van der Waals surface area contributed by atoms with Gasteiger partial charge in [0.15, 0.2) is 6.10 Å². The van der Waals surface area contributed by atoms with Crippen molar-refractivity contribution < 1.29 is 47.8 Å². The Balaban J connectivity index is 4.28. The minimum Gasteiger partial charge on any atom is -0.462 e. The second-order valence-electron chi connectivity index (χ2n) is 16.1. The maximum Gasteiger partial charge on any atom is 0.472 e. The Morgan fingerprint density at radius 3 is 1.35 bits per heavy atom. The normalized spacial score (nSPS) is 14.2. The molecule has 0 radical (unpaired) electrons. The summed E-state index contributed by atoms with van der Waals surface area (Å²) < 4.78 is 32.7. The fourth-order valence-corrected chi connectivity index (χ4v) is 7.31. The number of hydrogen-bond donors (Lipinski definition) is 3. The summed E-state index contributed by atoms with van der Waals surface area (Å²) in [7, 11) is -4.63. The van der Waals surface area contributed by atoms with E-state index < -0.39 is 51.8 Å². The van der Waals surface area contributed by atoms with Crippen LogP contribution in [-0.4, -0.2) is 65.7 Å². The number of aliphatic hydroxyl groups is 2. The Morgan fingerprint density at radius 1 is 0.500 bits per heavy atom. The first kappa shape index (κ1) is 57.9. The van der Waals surface area contributed by atoms with Crippen molar-refractivity contribution in [2.24, 2.45) is 0 Å². The van der Waals surface area contributed by atoms with Gasteiger partial charge in [-0.3, -0.25) is 18.6 Å². The Labute approximate surface area is 366 Å². The molecule has 0 aromatic heterocycles. The third-order valence-electron chi connectivity index (χ3n) is 10.2. The number of rotatable bonds is 45. The van der Waals surface area contributed by atoms with Crippen LogP contribution in [0.2, 0.25) is 0 Å². The molecule has 0 saturated heterocycles. The van der Waals surface area contributed by atoms with Crippen molar-refractivity contribution >= 4 is 19.8 Å². The van der Waals surface area contributed by atoms with Gasteiger partial charge in [-0.15, -0.1) is 0 Å². The molecular formula is C49H89O10P. The van der Waals surface area contributed by atoms with E-state index >= 15 is 0 Å². The number of phosphoric acid groups is 1. The van der Waals surface area contributed by atoms with E-state index in [1.165, 1.54) is 122 Å². The maximum atomic E-state index is 12.7. The van der Waals surface area contributed by atoms with Crippen molar-refractivity contribution in [1.29, 1.82) is 0 Å². The van der Waals surface area contributed by atoms with E-state index in [0.717, 1.165) is 44.9 Å². The van der Waals surface area contributed by atoms with Gasteiger partial charge in [0.2, 0.25) is 0 Å². The van der Waals surface area contributed by atoms with Gasteiger partial charge in [0.1, 0.15) is 12.7 Å². The van der Waals surface area contributed by atoms with Gasteiger partial charge in [-0.1, -0.05) is 197 Å². The summed E-state index contributed by atoms with van der Waals surface area (Å²) in [5, 5.41) is 18.4. The number of allylic oxidation sites excluding steroid dienone is 8. The molecule has 0 rings (SSSR count). The van der Waals surface area contributed by atoms with Gasteiger partial charge in [0, 0.05) is 12.8 Å². The first-order chi connectivity index (χ1) is 29.2. The van der Waals surface area contributed by atoms with E-state index in [1.807, 2.05) is 6.08 Å². The largest absolute Gasteiger partial charge is 0.472 e. The molecule has 0 aliphatic heterocycles. The number of carbonyl (C=O) groups excluding carboxylic acids is 2. The minimum absolute atomic E-state index is 0.166. The molecule has 1 unspecified atom stereocenters. The van der Waals surface area contributed by atoms with E-state index in [9.17, 15) is 24.2 Å². The van der Waals surface area contributed by atoms with Crippen molar-refractivity contribution in [1.82, 2.24) is 0 Å². The van der Waals surface area contributed by atoms with Gasteiger partial charge in [-0.2, -0.15) is 0 Å². The molecule has 0 aliphatic rings. The molecule has 0 aromatic carbocycles. The van der Waals surface area contributed by atoms with Gasteiger partial charge in [-0.05, 0) is 51.4 Å². The number of aliphatic hydroxyl groups excluding tert-OH is 2. The lowest BCUT2D eigenvalue weighted by Gasteiger charge is -2.20. The second-order valence-corrected chi connectivity index (χ2v) is 17.6. The predicted octanol–water partition coefficient (Wildman–Crippen LogP) is 13.3. The van der Waals surface area contributed by atoms with E-state index in [2.05, 4.69) is 56.4 Å². The van der Waals surface area contributed by atoms with Gasteiger partial charge in [0.05, 0.1) is 19.8 Å². The van der Waals surface area contributed by atoms with Crippen molar-refractivity contribution in [2.45, 2.75) is 225 Å². The lowest BCUT2D eigenvalue weighted by atomic mass is 10.0. The highest BCUT2D eigenvalue weighted by Gasteiger charge is 2.27. The summed E-state index contributed by atoms with van der Waals surface area (Å²) in [6, 6.07) is 0. The molecule has 0 spiro atoms. The second kappa shape index (κ2) is 45.0. The molecule has 60 heavy (non-hydrogen) atoms. The first-order valence-corrected chi connectivity index (χ1v) is 25.6. The van der Waals surface area contributed by atoms with Gasteiger partial charge in [0.25, 0.3) is 0 Å². The average molecular weight is 869 g/mol. The van der Waals surface area contributed by atoms with Crippen LogP contribution in [0.25, 0.3) is 0 Å². The van der Waals surface area contributed by atoms with Gasteiger partial charge < -0.3 is 24.6 Å². The molecule has 0 aliphatic carbocycles. The number of esters is 2. The highest BCUT2D eigenvalue weighted by molar-refractivity contribution is 7.47. The molecule has 0 saturated carbocycles. The molecule has 0 amide bonds. The molecule has 350 valence electrons. The summed E-state index contributed by atoms with van der Waals surface area (Å²) in [6.45, 7) is 2.32. The lowest BCUT2D eigenvalue weighted by Crippen LogP contribution is -2.29. The van der Waals surface area contributed by atoms with Crippen LogP contribution in [-0.2, 0) is 32.7 Å². The average Bonchev–Trinajstić information content (AvgIpc) is 3.24. The van der Waals surface area contributed by atoms with E-state index in [1.54, 1.807) is 0 Å². The smallest absolute Gasteiger partial charge is 0.462 e. The number of hydrogen-bond acceptors (Lipinski definition) is 9.